The van der Waals surface area contributed by atoms with E-state index in [9.17, 15) is 9.59 Å². The number of hydrogen-bond donors (Lipinski definition) is 1. The van der Waals surface area contributed by atoms with Gasteiger partial charge in [0.1, 0.15) is 11.3 Å². The van der Waals surface area contributed by atoms with E-state index in [0.29, 0.717) is 24.3 Å². The Balaban J connectivity index is 2.41. The summed E-state index contributed by atoms with van der Waals surface area (Å²) in [6, 6.07) is 5.23. The first-order valence-corrected chi connectivity index (χ1v) is 8.64. The molecule has 0 aliphatic heterocycles. The quantitative estimate of drug-likeness (QED) is 0.493. The van der Waals surface area contributed by atoms with Gasteiger partial charge < -0.3 is 14.8 Å². The molecular weight excluding hydrogens is 306 g/mol. The Morgan fingerprint density at radius 2 is 1.75 bits per heavy atom. The number of amides is 1. The zero-order valence-electron chi connectivity index (χ0n) is 15.0. The Hall–Kier alpha value is -2.04. The number of esters is 1. The molecule has 1 rings (SSSR count). The van der Waals surface area contributed by atoms with Crippen molar-refractivity contribution in [1.29, 1.82) is 0 Å². The van der Waals surface area contributed by atoms with E-state index in [4.69, 9.17) is 9.47 Å². The van der Waals surface area contributed by atoms with Crippen LogP contribution in [0.4, 0.5) is 0 Å². The molecule has 0 aliphatic carbocycles. The number of carbonyl (C=O) groups is 2. The van der Waals surface area contributed by atoms with Gasteiger partial charge in [0.2, 0.25) is 5.91 Å². The Kier molecular flexibility index (Phi) is 9.58. The summed E-state index contributed by atoms with van der Waals surface area (Å²) >= 11 is 0. The first-order valence-electron chi connectivity index (χ1n) is 8.64. The lowest BCUT2D eigenvalue weighted by atomic mass is 10.1. The smallest absolute Gasteiger partial charge is 0.341 e. The Morgan fingerprint density at radius 1 is 1.04 bits per heavy atom. The predicted molar refractivity (Wildman–Crippen MR) is 94.2 cm³/mol. The van der Waals surface area contributed by atoms with Crippen LogP contribution >= 0.6 is 0 Å². The van der Waals surface area contributed by atoms with E-state index in [-0.39, 0.29) is 5.91 Å². The van der Waals surface area contributed by atoms with E-state index < -0.39 is 5.97 Å². The van der Waals surface area contributed by atoms with Gasteiger partial charge >= 0.3 is 5.97 Å². The van der Waals surface area contributed by atoms with Gasteiger partial charge in [-0.25, -0.2) is 4.79 Å². The first kappa shape index (κ1) is 20.0. The maximum Gasteiger partial charge on any atom is 0.341 e. The fraction of sp³-hybridized carbons (Fsp3) is 0.579. The van der Waals surface area contributed by atoms with Crippen molar-refractivity contribution >= 4 is 11.9 Å². The van der Waals surface area contributed by atoms with E-state index >= 15 is 0 Å². The van der Waals surface area contributed by atoms with Crippen molar-refractivity contribution < 1.29 is 19.1 Å². The molecule has 0 bridgehead atoms. The van der Waals surface area contributed by atoms with E-state index in [1.165, 1.54) is 39.9 Å². The summed E-state index contributed by atoms with van der Waals surface area (Å²) in [5.74, 6) is 0.0528. The number of nitrogens with one attached hydrogen (secondary N) is 1. The van der Waals surface area contributed by atoms with E-state index in [0.717, 1.165) is 18.4 Å². The first-order chi connectivity index (χ1) is 11.6. The summed E-state index contributed by atoms with van der Waals surface area (Å²) in [7, 11) is 2.83. The molecule has 134 valence electrons. The topological polar surface area (TPSA) is 64.6 Å². The van der Waals surface area contributed by atoms with Crippen molar-refractivity contribution in [1.82, 2.24) is 5.32 Å². The number of methoxy groups -OCH3 is 2. The summed E-state index contributed by atoms with van der Waals surface area (Å²) in [5, 5.41) is 2.89. The molecule has 1 N–H and O–H groups in total. The molecule has 0 aliphatic rings. The standard InChI is InChI=1S/C19H29NO4/c1-4-5-6-7-8-9-10-18(21)20-14-15-11-12-17(23-2)16(13-15)19(22)24-3/h11-13H,4-10,14H2,1-3H3,(H,20,21). The summed E-state index contributed by atoms with van der Waals surface area (Å²) in [4.78, 5) is 23.6. The summed E-state index contributed by atoms with van der Waals surface area (Å²) in [6.45, 7) is 2.58. The minimum atomic E-state index is -0.452. The third-order valence-corrected chi connectivity index (χ3v) is 3.92. The Labute approximate surface area is 144 Å². The summed E-state index contributed by atoms with van der Waals surface area (Å²) in [6.07, 6.45) is 7.52. The largest absolute Gasteiger partial charge is 0.496 e. The predicted octanol–water partition coefficient (Wildman–Crippen LogP) is 3.85. The van der Waals surface area contributed by atoms with Gasteiger partial charge in [-0.1, -0.05) is 45.1 Å². The molecule has 0 fully saturated rings. The lowest BCUT2D eigenvalue weighted by molar-refractivity contribution is -0.121. The average Bonchev–Trinajstić information content (AvgIpc) is 2.61. The van der Waals surface area contributed by atoms with Crippen LogP contribution in [-0.4, -0.2) is 26.1 Å². The van der Waals surface area contributed by atoms with Crippen LogP contribution < -0.4 is 10.1 Å². The number of benzene rings is 1. The Bertz CT molecular complexity index is 528. The van der Waals surface area contributed by atoms with Gasteiger partial charge in [-0.2, -0.15) is 0 Å². The van der Waals surface area contributed by atoms with Crippen molar-refractivity contribution in [2.24, 2.45) is 0 Å². The molecule has 0 unspecified atom stereocenters. The van der Waals surface area contributed by atoms with Crippen LogP contribution in [0.3, 0.4) is 0 Å². The molecule has 5 nitrogen and oxygen atoms in total. The zero-order valence-corrected chi connectivity index (χ0v) is 15.0. The number of rotatable bonds is 11. The molecule has 0 aromatic heterocycles. The van der Waals surface area contributed by atoms with Gasteiger partial charge in [-0.05, 0) is 24.1 Å². The molecule has 0 radical (unpaired) electrons. The van der Waals surface area contributed by atoms with Crippen molar-refractivity contribution in [3.8, 4) is 5.75 Å². The number of carbonyl (C=O) groups excluding carboxylic acids is 2. The molecule has 1 aromatic carbocycles. The SMILES string of the molecule is CCCCCCCCC(=O)NCc1ccc(OC)c(C(=O)OC)c1. The van der Waals surface area contributed by atoms with Gasteiger partial charge in [0.25, 0.3) is 0 Å². The van der Waals surface area contributed by atoms with Crippen LogP contribution in [0.1, 0.15) is 67.8 Å². The minimum absolute atomic E-state index is 0.0425. The fourth-order valence-corrected chi connectivity index (χ4v) is 2.49. The molecule has 0 heterocycles. The lowest BCUT2D eigenvalue weighted by Crippen LogP contribution is -2.22. The highest BCUT2D eigenvalue weighted by Crippen LogP contribution is 2.20. The highest BCUT2D eigenvalue weighted by Gasteiger charge is 2.13. The van der Waals surface area contributed by atoms with Crippen LogP contribution in [0.5, 0.6) is 5.75 Å². The van der Waals surface area contributed by atoms with Gasteiger partial charge in [0.05, 0.1) is 14.2 Å². The Morgan fingerprint density at radius 3 is 2.42 bits per heavy atom. The van der Waals surface area contributed by atoms with Crippen LogP contribution in [0.25, 0.3) is 0 Å². The maximum absolute atomic E-state index is 11.9. The van der Waals surface area contributed by atoms with E-state index in [1.54, 1.807) is 12.1 Å². The second-order valence-corrected chi connectivity index (χ2v) is 5.82. The van der Waals surface area contributed by atoms with Gasteiger partial charge in [0, 0.05) is 13.0 Å². The van der Waals surface area contributed by atoms with Crippen molar-refractivity contribution in [2.45, 2.75) is 58.4 Å². The molecule has 1 amide bonds. The summed E-state index contributed by atoms with van der Waals surface area (Å²) < 4.78 is 9.90. The summed E-state index contributed by atoms with van der Waals surface area (Å²) in [5.41, 5.74) is 1.20. The highest BCUT2D eigenvalue weighted by atomic mass is 16.5. The van der Waals surface area contributed by atoms with Crippen molar-refractivity contribution in [3.63, 3.8) is 0 Å². The normalized spacial score (nSPS) is 10.3. The van der Waals surface area contributed by atoms with Gasteiger partial charge in [0.15, 0.2) is 0 Å². The fourth-order valence-electron chi connectivity index (χ4n) is 2.49. The molecule has 1 aromatic rings. The van der Waals surface area contributed by atoms with Crippen molar-refractivity contribution in [2.75, 3.05) is 14.2 Å². The van der Waals surface area contributed by atoms with Crippen molar-refractivity contribution in [3.05, 3.63) is 29.3 Å². The van der Waals surface area contributed by atoms with Crippen LogP contribution in [0.15, 0.2) is 18.2 Å². The number of unbranched alkanes of at least 4 members (excludes halogenated alkanes) is 5. The number of hydrogen-bond acceptors (Lipinski definition) is 4. The second-order valence-electron chi connectivity index (χ2n) is 5.82. The molecule has 5 heteroatoms. The monoisotopic (exact) mass is 335 g/mol. The molecule has 24 heavy (non-hydrogen) atoms. The molecule has 0 saturated heterocycles. The second kappa shape index (κ2) is 11.5. The van der Waals surface area contributed by atoms with Gasteiger partial charge in [-0.3, -0.25) is 4.79 Å². The lowest BCUT2D eigenvalue weighted by Gasteiger charge is -2.10. The number of ether oxygens (including phenoxy) is 2. The molecule has 0 spiro atoms. The highest BCUT2D eigenvalue weighted by molar-refractivity contribution is 5.92. The van der Waals surface area contributed by atoms with Crippen LogP contribution in [0, 0.1) is 0 Å². The van der Waals surface area contributed by atoms with Crippen LogP contribution in [0.2, 0.25) is 0 Å². The zero-order chi connectivity index (χ0) is 17.8. The third kappa shape index (κ3) is 7.02. The molecular formula is C19H29NO4. The third-order valence-electron chi connectivity index (χ3n) is 3.92. The molecule has 0 saturated carbocycles. The maximum atomic E-state index is 11.9. The van der Waals surface area contributed by atoms with Crippen LogP contribution in [-0.2, 0) is 16.1 Å². The minimum Gasteiger partial charge on any atom is -0.496 e. The molecule has 0 atom stereocenters. The van der Waals surface area contributed by atoms with E-state index in [1.807, 2.05) is 6.07 Å². The van der Waals surface area contributed by atoms with E-state index in [2.05, 4.69) is 12.2 Å². The average molecular weight is 335 g/mol. The van der Waals surface area contributed by atoms with Gasteiger partial charge in [-0.15, -0.1) is 0 Å².